The maximum Gasteiger partial charge on any atom is 0.323 e. The fourth-order valence-electron chi connectivity index (χ4n) is 1.99. The summed E-state index contributed by atoms with van der Waals surface area (Å²) in [6.45, 7) is 7.54. The molecule has 1 aromatic carbocycles. The lowest BCUT2D eigenvalue weighted by Crippen LogP contribution is -2.37. The molecule has 0 amide bonds. The van der Waals surface area contributed by atoms with Crippen molar-refractivity contribution in [2.24, 2.45) is 0 Å². The zero-order valence-electron chi connectivity index (χ0n) is 12.6. The van der Waals surface area contributed by atoms with Crippen molar-refractivity contribution in [1.29, 1.82) is 0 Å². The number of carbonyl (C=O) groups is 1. The second-order valence-corrected chi connectivity index (χ2v) is 4.55. The molecule has 0 aliphatic heterocycles. The van der Waals surface area contributed by atoms with Gasteiger partial charge in [0.1, 0.15) is 11.8 Å². The highest BCUT2D eigenvalue weighted by molar-refractivity contribution is 5.75. The summed E-state index contributed by atoms with van der Waals surface area (Å²) < 4.78 is 10.5. The molecule has 4 heteroatoms. The Kier molecular flexibility index (Phi) is 7.73. The van der Waals surface area contributed by atoms with Crippen LogP contribution in [0.15, 0.2) is 24.3 Å². The highest BCUT2D eigenvalue weighted by Crippen LogP contribution is 2.13. The average Bonchev–Trinajstić information content (AvgIpc) is 2.44. The first-order chi connectivity index (χ1) is 9.71. The van der Waals surface area contributed by atoms with Crippen molar-refractivity contribution in [3.8, 4) is 5.75 Å². The second kappa shape index (κ2) is 9.37. The molecule has 1 unspecified atom stereocenters. The first-order valence-electron chi connectivity index (χ1n) is 7.33. The Morgan fingerprint density at radius 1 is 1.25 bits per heavy atom. The fraction of sp³-hybridized carbons (Fsp3) is 0.562. The minimum Gasteiger partial charge on any atom is -0.494 e. The zero-order valence-corrected chi connectivity index (χ0v) is 12.6. The van der Waals surface area contributed by atoms with Gasteiger partial charge in [-0.15, -0.1) is 0 Å². The minimum atomic E-state index is -0.240. The van der Waals surface area contributed by atoms with E-state index in [1.807, 2.05) is 38.1 Å². The molecule has 0 radical (unpaired) electrons. The monoisotopic (exact) mass is 279 g/mol. The Balaban J connectivity index is 2.57. The van der Waals surface area contributed by atoms with Crippen LogP contribution < -0.4 is 10.1 Å². The number of ether oxygens (including phenoxy) is 2. The van der Waals surface area contributed by atoms with Gasteiger partial charge in [-0.3, -0.25) is 4.79 Å². The van der Waals surface area contributed by atoms with Crippen LogP contribution >= 0.6 is 0 Å². The van der Waals surface area contributed by atoms with Gasteiger partial charge in [0.05, 0.1) is 13.2 Å². The SMILES string of the molecule is CCCC(NCc1cccc(OCC)c1)C(=O)OCC. The van der Waals surface area contributed by atoms with Gasteiger partial charge in [0.25, 0.3) is 0 Å². The molecular weight excluding hydrogens is 254 g/mol. The van der Waals surface area contributed by atoms with Crippen molar-refractivity contribution in [2.75, 3.05) is 13.2 Å². The van der Waals surface area contributed by atoms with Crippen molar-refractivity contribution < 1.29 is 14.3 Å². The van der Waals surface area contributed by atoms with Crippen LogP contribution in [0.4, 0.5) is 0 Å². The van der Waals surface area contributed by atoms with E-state index in [0.29, 0.717) is 19.8 Å². The maximum absolute atomic E-state index is 11.8. The first kappa shape index (κ1) is 16.5. The second-order valence-electron chi connectivity index (χ2n) is 4.55. The predicted molar refractivity (Wildman–Crippen MR) is 79.8 cm³/mol. The molecule has 1 atom stereocenters. The molecule has 0 spiro atoms. The van der Waals surface area contributed by atoms with Crippen LogP contribution in [0, 0.1) is 0 Å². The maximum atomic E-state index is 11.8. The lowest BCUT2D eigenvalue weighted by atomic mass is 10.1. The van der Waals surface area contributed by atoms with E-state index >= 15 is 0 Å². The Morgan fingerprint density at radius 2 is 2.05 bits per heavy atom. The zero-order chi connectivity index (χ0) is 14.8. The van der Waals surface area contributed by atoms with Gasteiger partial charge in [-0.05, 0) is 38.0 Å². The van der Waals surface area contributed by atoms with Crippen molar-refractivity contribution in [3.63, 3.8) is 0 Å². The Bertz CT molecular complexity index is 406. The van der Waals surface area contributed by atoms with E-state index in [4.69, 9.17) is 9.47 Å². The summed E-state index contributed by atoms with van der Waals surface area (Å²) in [5.74, 6) is 0.685. The van der Waals surface area contributed by atoms with Gasteiger partial charge in [0, 0.05) is 6.54 Å². The summed E-state index contributed by atoms with van der Waals surface area (Å²) >= 11 is 0. The van der Waals surface area contributed by atoms with Gasteiger partial charge in [-0.2, -0.15) is 0 Å². The van der Waals surface area contributed by atoms with E-state index in [1.165, 1.54) is 0 Å². The summed E-state index contributed by atoms with van der Waals surface area (Å²) in [5, 5.41) is 3.26. The van der Waals surface area contributed by atoms with Gasteiger partial charge in [-0.1, -0.05) is 25.5 Å². The molecule has 4 nitrogen and oxygen atoms in total. The molecule has 0 saturated carbocycles. The predicted octanol–water partition coefficient (Wildman–Crippen LogP) is 2.91. The molecule has 1 N–H and O–H groups in total. The van der Waals surface area contributed by atoms with E-state index in [-0.39, 0.29) is 12.0 Å². The third-order valence-electron chi connectivity index (χ3n) is 2.91. The van der Waals surface area contributed by atoms with Gasteiger partial charge in [0.15, 0.2) is 0 Å². The number of rotatable bonds is 9. The summed E-state index contributed by atoms with van der Waals surface area (Å²) in [4.78, 5) is 11.8. The fourth-order valence-corrected chi connectivity index (χ4v) is 1.99. The number of nitrogens with one attached hydrogen (secondary N) is 1. The summed E-state index contributed by atoms with van der Waals surface area (Å²) in [7, 11) is 0. The molecule has 0 heterocycles. The highest BCUT2D eigenvalue weighted by atomic mass is 16.5. The third-order valence-corrected chi connectivity index (χ3v) is 2.91. The number of hydrogen-bond donors (Lipinski definition) is 1. The molecule has 0 aliphatic rings. The highest BCUT2D eigenvalue weighted by Gasteiger charge is 2.17. The van der Waals surface area contributed by atoms with E-state index in [1.54, 1.807) is 0 Å². The molecule has 0 fully saturated rings. The van der Waals surface area contributed by atoms with Crippen LogP contribution in [-0.4, -0.2) is 25.2 Å². The minimum absolute atomic E-state index is 0.171. The third kappa shape index (κ3) is 5.61. The quantitative estimate of drug-likeness (QED) is 0.706. The molecule has 0 aromatic heterocycles. The molecule has 0 bridgehead atoms. The van der Waals surface area contributed by atoms with Crippen molar-refractivity contribution in [3.05, 3.63) is 29.8 Å². The molecule has 1 aromatic rings. The van der Waals surface area contributed by atoms with E-state index in [2.05, 4.69) is 12.2 Å². The summed E-state index contributed by atoms with van der Waals surface area (Å²) in [6, 6.07) is 7.66. The summed E-state index contributed by atoms with van der Waals surface area (Å²) in [6.07, 6.45) is 1.72. The van der Waals surface area contributed by atoms with Gasteiger partial charge < -0.3 is 14.8 Å². The Hall–Kier alpha value is -1.55. The van der Waals surface area contributed by atoms with Crippen LogP contribution in [-0.2, 0) is 16.1 Å². The van der Waals surface area contributed by atoms with Crippen molar-refractivity contribution in [1.82, 2.24) is 5.32 Å². The van der Waals surface area contributed by atoms with Crippen LogP contribution in [0.1, 0.15) is 39.2 Å². The van der Waals surface area contributed by atoms with E-state index < -0.39 is 0 Å². The number of hydrogen-bond acceptors (Lipinski definition) is 4. The molecule has 112 valence electrons. The van der Waals surface area contributed by atoms with Crippen molar-refractivity contribution in [2.45, 2.75) is 46.2 Å². The summed E-state index contributed by atoms with van der Waals surface area (Å²) in [5.41, 5.74) is 1.10. The van der Waals surface area contributed by atoms with Gasteiger partial charge in [-0.25, -0.2) is 0 Å². The Labute approximate surface area is 121 Å². The van der Waals surface area contributed by atoms with E-state index in [0.717, 1.165) is 24.2 Å². The first-order valence-corrected chi connectivity index (χ1v) is 7.33. The van der Waals surface area contributed by atoms with Crippen LogP contribution in [0.3, 0.4) is 0 Å². The van der Waals surface area contributed by atoms with Crippen LogP contribution in [0.2, 0.25) is 0 Å². The number of esters is 1. The van der Waals surface area contributed by atoms with Crippen LogP contribution in [0.5, 0.6) is 5.75 Å². The molecule has 1 rings (SSSR count). The number of carbonyl (C=O) groups excluding carboxylic acids is 1. The van der Waals surface area contributed by atoms with Gasteiger partial charge in [0.2, 0.25) is 0 Å². The topological polar surface area (TPSA) is 47.6 Å². The lowest BCUT2D eigenvalue weighted by molar-refractivity contribution is -0.145. The Morgan fingerprint density at radius 3 is 2.70 bits per heavy atom. The smallest absolute Gasteiger partial charge is 0.323 e. The molecule has 0 aliphatic carbocycles. The normalized spacial score (nSPS) is 11.9. The number of benzene rings is 1. The standard InChI is InChI=1S/C16H25NO3/c1-4-8-15(16(18)20-6-3)17-12-13-9-7-10-14(11-13)19-5-2/h7,9-11,15,17H,4-6,8,12H2,1-3H3. The van der Waals surface area contributed by atoms with E-state index in [9.17, 15) is 4.79 Å². The van der Waals surface area contributed by atoms with Crippen molar-refractivity contribution >= 4 is 5.97 Å². The largest absolute Gasteiger partial charge is 0.494 e. The van der Waals surface area contributed by atoms with Crippen LogP contribution in [0.25, 0.3) is 0 Å². The molecule has 20 heavy (non-hydrogen) atoms. The average molecular weight is 279 g/mol. The molecule has 0 saturated heterocycles. The van der Waals surface area contributed by atoms with Gasteiger partial charge >= 0.3 is 5.97 Å². The lowest BCUT2D eigenvalue weighted by Gasteiger charge is -2.16. The molecular formula is C16H25NO3.